The van der Waals surface area contributed by atoms with Crippen LogP contribution >= 0.6 is 0 Å². The molecule has 0 aliphatic carbocycles. The third kappa shape index (κ3) is 2.26. The van der Waals surface area contributed by atoms with Crippen LogP contribution in [0.15, 0.2) is 42.3 Å². The highest BCUT2D eigenvalue weighted by Crippen LogP contribution is 2.28. The van der Waals surface area contributed by atoms with Gasteiger partial charge in [0.05, 0.1) is 5.41 Å². The predicted molar refractivity (Wildman–Crippen MR) is 60.3 cm³/mol. The molecule has 0 spiro atoms. The van der Waals surface area contributed by atoms with Gasteiger partial charge in [0.1, 0.15) is 0 Å². The Hall–Kier alpha value is -2.15. The molecule has 4 heteroatoms. The first-order valence-corrected chi connectivity index (χ1v) is 4.84. The second kappa shape index (κ2) is 4.58. The first-order chi connectivity index (χ1) is 7.50. The smallest absolute Gasteiger partial charge is 0.388 e. The molecule has 0 amide bonds. The fourth-order valence-corrected chi connectivity index (χ4v) is 1.28. The number of carbonyl (C=O) groups excluding carboxylic acids is 1. The Balaban J connectivity index is 3.08. The molecule has 0 saturated heterocycles. The summed E-state index contributed by atoms with van der Waals surface area (Å²) in [6.07, 6.45) is 0.862. The summed E-state index contributed by atoms with van der Waals surface area (Å²) >= 11 is 0. The van der Waals surface area contributed by atoms with Crippen molar-refractivity contribution in [1.82, 2.24) is 0 Å². The molecule has 0 fully saturated rings. The van der Waals surface area contributed by atoms with Crippen molar-refractivity contribution in [3.8, 4) is 0 Å². The molecule has 1 aromatic rings. The number of Topliss-reactive ketones (excluding diaryl/α,β-unsaturated/α-hetero) is 1. The number of allylic oxidation sites excluding steroid dienone is 1. The second-order valence-corrected chi connectivity index (χ2v) is 3.95. The highest BCUT2D eigenvalue weighted by Gasteiger charge is 2.35. The van der Waals surface area contributed by atoms with E-state index in [1.54, 1.807) is 38.1 Å². The maximum Gasteiger partial charge on any atom is 0.388 e. The van der Waals surface area contributed by atoms with Gasteiger partial charge in [-0.2, -0.15) is 0 Å². The van der Waals surface area contributed by atoms with Gasteiger partial charge in [-0.05, 0) is 13.8 Å². The quantitative estimate of drug-likeness (QED) is 0.480. The first kappa shape index (κ1) is 11.9. The third-order valence-corrected chi connectivity index (χ3v) is 2.42. The van der Waals surface area contributed by atoms with Crippen LogP contribution in [0.2, 0.25) is 0 Å². The van der Waals surface area contributed by atoms with Gasteiger partial charge in [-0.25, -0.2) is 0 Å². The highest BCUT2D eigenvalue weighted by atomic mass is 16.3. The SMILES string of the molecule is CC(C)(C(=O)c1ccccc1)/C(O)=C/[N+]#N. The first-order valence-electron chi connectivity index (χ1n) is 4.84. The minimum Gasteiger partial charge on any atom is -0.505 e. The van der Waals surface area contributed by atoms with Gasteiger partial charge >= 0.3 is 6.20 Å². The molecular formula is C12H13N2O2+. The largest absolute Gasteiger partial charge is 0.505 e. The Morgan fingerprint density at radius 2 is 1.94 bits per heavy atom. The Labute approximate surface area is 93.8 Å². The van der Waals surface area contributed by atoms with Crippen molar-refractivity contribution in [2.75, 3.05) is 0 Å². The molecule has 1 aromatic carbocycles. The van der Waals surface area contributed by atoms with Crippen LogP contribution in [0.5, 0.6) is 0 Å². The summed E-state index contributed by atoms with van der Waals surface area (Å²) in [5.74, 6) is -0.505. The molecule has 0 unspecified atom stereocenters. The van der Waals surface area contributed by atoms with Crippen molar-refractivity contribution < 1.29 is 9.90 Å². The number of ketones is 1. The summed E-state index contributed by atoms with van der Waals surface area (Å²) in [6.45, 7) is 3.14. The maximum atomic E-state index is 12.1. The molecule has 4 nitrogen and oxygen atoms in total. The van der Waals surface area contributed by atoms with Crippen LogP contribution in [0.25, 0.3) is 4.98 Å². The number of hydrogen-bond donors (Lipinski definition) is 1. The van der Waals surface area contributed by atoms with Crippen LogP contribution in [0.1, 0.15) is 24.2 Å². The van der Waals surface area contributed by atoms with Gasteiger partial charge in [-0.1, -0.05) is 30.3 Å². The molecule has 0 aliphatic rings. The van der Waals surface area contributed by atoms with Crippen LogP contribution in [0.3, 0.4) is 0 Å². The number of hydrogen-bond acceptors (Lipinski definition) is 3. The monoisotopic (exact) mass is 217 g/mol. The summed E-state index contributed by atoms with van der Waals surface area (Å²) in [4.78, 5) is 14.8. The molecule has 1 rings (SSSR count). The molecule has 0 bridgehead atoms. The maximum absolute atomic E-state index is 12.1. The number of benzene rings is 1. The van der Waals surface area contributed by atoms with E-state index >= 15 is 0 Å². The molecule has 0 atom stereocenters. The lowest BCUT2D eigenvalue weighted by atomic mass is 9.82. The van der Waals surface area contributed by atoms with Crippen molar-refractivity contribution in [1.29, 1.82) is 5.39 Å². The minimum absolute atomic E-state index is 0.231. The number of diazo groups is 1. The zero-order valence-electron chi connectivity index (χ0n) is 9.21. The van der Waals surface area contributed by atoms with E-state index in [-0.39, 0.29) is 11.5 Å². The Bertz CT molecular complexity index is 456. The summed E-state index contributed by atoms with van der Waals surface area (Å²) in [6, 6.07) is 8.66. The van der Waals surface area contributed by atoms with E-state index in [4.69, 9.17) is 5.39 Å². The van der Waals surface area contributed by atoms with Crippen molar-refractivity contribution in [2.45, 2.75) is 13.8 Å². The molecule has 82 valence electrons. The Morgan fingerprint density at radius 1 is 1.38 bits per heavy atom. The molecule has 1 N–H and O–H groups in total. The van der Waals surface area contributed by atoms with Crippen LogP contribution in [0.4, 0.5) is 0 Å². The highest BCUT2D eigenvalue weighted by molar-refractivity contribution is 6.01. The van der Waals surface area contributed by atoms with E-state index in [0.29, 0.717) is 5.56 Å². The third-order valence-electron chi connectivity index (χ3n) is 2.42. The summed E-state index contributed by atoms with van der Waals surface area (Å²) in [5.41, 5.74) is -0.599. The van der Waals surface area contributed by atoms with Crippen LogP contribution in [-0.4, -0.2) is 10.9 Å². The van der Waals surface area contributed by atoms with Gasteiger partial charge in [0.25, 0.3) is 0 Å². The van der Waals surface area contributed by atoms with Crippen LogP contribution in [0, 0.1) is 10.8 Å². The van der Waals surface area contributed by atoms with Gasteiger partial charge < -0.3 is 5.11 Å². The predicted octanol–water partition coefficient (Wildman–Crippen LogP) is 3.15. The van der Waals surface area contributed by atoms with Crippen molar-refractivity contribution in [3.63, 3.8) is 0 Å². The molecule has 0 aliphatic heterocycles. The summed E-state index contributed by atoms with van der Waals surface area (Å²) in [7, 11) is 0. The number of carbonyl (C=O) groups is 1. The lowest BCUT2D eigenvalue weighted by Gasteiger charge is -2.19. The molecular weight excluding hydrogens is 204 g/mol. The van der Waals surface area contributed by atoms with E-state index in [0.717, 1.165) is 6.20 Å². The number of aliphatic hydroxyl groups excluding tert-OH is 1. The lowest BCUT2D eigenvalue weighted by Crippen LogP contribution is -2.26. The van der Waals surface area contributed by atoms with Crippen molar-refractivity contribution >= 4 is 5.78 Å². The zero-order valence-corrected chi connectivity index (χ0v) is 9.21. The fraction of sp³-hybridized carbons (Fsp3) is 0.250. The standard InChI is InChI=1S/C12H12N2O2/c1-12(2,10(15)8-14-13)11(16)9-6-4-3-5-7-9/h3-8H,1-2H3/p+1/b10-8-. The van der Waals surface area contributed by atoms with Crippen molar-refractivity contribution in [3.05, 3.63) is 52.8 Å². The van der Waals surface area contributed by atoms with Gasteiger partial charge in [-0.3, -0.25) is 4.79 Å². The molecule has 0 saturated carbocycles. The average Bonchev–Trinajstić information content (AvgIpc) is 2.29. The normalized spacial score (nSPS) is 11.9. The second-order valence-electron chi connectivity index (χ2n) is 3.95. The van der Waals surface area contributed by atoms with Gasteiger partial charge in [0.15, 0.2) is 16.5 Å². The van der Waals surface area contributed by atoms with E-state index in [1.807, 2.05) is 6.07 Å². The lowest BCUT2D eigenvalue weighted by molar-refractivity contribution is 0.0827. The Morgan fingerprint density at radius 3 is 2.44 bits per heavy atom. The summed E-state index contributed by atoms with van der Waals surface area (Å²) in [5, 5.41) is 17.9. The summed E-state index contributed by atoms with van der Waals surface area (Å²) < 4.78 is 0. The average molecular weight is 217 g/mol. The van der Waals surface area contributed by atoms with Gasteiger partial charge in [-0.15, -0.1) is 0 Å². The van der Waals surface area contributed by atoms with Gasteiger partial charge in [0, 0.05) is 5.56 Å². The Kier molecular flexibility index (Phi) is 3.41. The van der Waals surface area contributed by atoms with E-state index in [1.165, 1.54) is 0 Å². The minimum atomic E-state index is -1.10. The van der Waals surface area contributed by atoms with E-state index in [2.05, 4.69) is 4.98 Å². The molecule has 0 aromatic heterocycles. The van der Waals surface area contributed by atoms with Crippen molar-refractivity contribution in [2.24, 2.45) is 5.41 Å². The molecule has 16 heavy (non-hydrogen) atoms. The molecule has 0 heterocycles. The van der Waals surface area contributed by atoms with Crippen LogP contribution < -0.4 is 0 Å². The topological polar surface area (TPSA) is 65.4 Å². The van der Waals surface area contributed by atoms with Crippen LogP contribution in [-0.2, 0) is 0 Å². The fourth-order valence-electron chi connectivity index (χ4n) is 1.28. The van der Waals surface area contributed by atoms with E-state index in [9.17, 15) is 9.90 Å². The molecule has 0 radical (unpaired) electrons. The number of aliphatic hydroxyl groups is 1. The number of rotatable bonds is 3. The number of nitrogens with zero attached hydrogens (tertiary/aromatic N) is 2. The van der Waals surface area contributed by atoms with E-state index < -0.39 is 5.41 Å². The van der Waals surface area contributed by atoms with Gasteiger partial charge in [0.2, 0.25) is 5.39 Å². The zero-order chi connectivity index (χ0) is 12.2.